The summed E-state index contributed by atoms with van der Waals surface area (Å²) < 4.78 is 5.07. The van der Waals surface area contributed by atoms with Crippen molar-refractivity contribution in [3.8, 4) is 0 Å². The third kappa shape index (κ3) is 2.47. The summed E-state index contributed by atoms with van der Waals surface area (Å²) in [6.45, 7) is 11.6. The van der Waals surface area contributed by atoms with E-state index in [1.807, 2.05) is 0 Å². The van der Waals surface area contributed by atoms with Crippen LogP contribution in [-0.2, 0) is 0 Å². The Morgan fingerprint density at radius 3 is 2.82 bits per heavy atom. The van der Waals surface area contributed by atoms with Crippen LogP contribution < -0.4 is 0 Å². The first-order valence-electron chi connectivity index (χ1n) is 8.58. The number of ketones is 1. The Morgan fingerprint density at radius 2 is 2.14 bits per heavy atom. The third-order valence-electron chi connectivity index (χ3n) is 6.55. The van der Waals surface area contributed by atoms with Gasteiger partial charge < -0.3 is 4.42 Å². The van der Waals surface area contributed by atoms with Crippen LogP contribution in [0.15, 0.2) is 35.2 Å². The molecule has 0 unspecified atom stereocenters. The van der Waals surface area contributed by atoms with E-state index in [9.17, 15) is 4.79 Å². The summed E-state index contributed by atoms with van der Waals surface area (Å²) in [5.74, 6) is 1.21. The second-order valence-corrected chi connectivity index (χ2v) is 8.29. The van der Waals surface area contributed by atoms with Gasteiger partial charge in [0.15, 0.2) is 5.78 Å². The lowest BCUT2D eigenvalue weighted by Gasteiger charge is -2.58. The molecule has 2 nitrogen and oxygen atoms in total. The average Bonchev–Trinajstić information content (AvgIpc) is 2.96. The molecular formula is C20H28O2. The molecule has 2 heteroatoms. The summed E-state index contributed by atoms with van der Waals surface area (Å²) in [5.41, 5.74) is 2.59. The van der Waals surface area contributed by atoms with E-state index in [1.165, 1.54) is 31.3 Å². The van der Waals surface area contributed by atoms with Gasteiger partial charge in [0.05, 0.1) is 11.8 Å². The maximum absolute atomic E-state index is 12.6. The molecule has 3 atom stereocenters. The molecule has 22 heavy (non-hydrogen) atoms. The third-order valence-corrected chi connectivity index (χ3v) is 6.55. The highest BCUT2D eigenvalue weighted by Gasteiger charge is 2.53. The molecule has 1 heterocycles. The quantitative estimate of drug-likeness (QED) is 0.533. The second-order valence-electron chi connectivity index (χ2n) is 8.29. The number of hydrogen-bond acceptors (Lipinski definition) is 2. The van der Waals surface area contributed by atoms with E-state index in [0.29, 0.717) is 29.2 Å². The molecule has 0 bridgehead atoms. The first-order valence-corrected chi connectivity index (χ1v) is 8.58. The van der Waals surface area contributed by atoms with Gasteiger partial charge in [0.1, 0.15) is 6.26 Å². The molecule has 3 rings (SSSR count). The van der Waals surface area contributed by atoms with Crippen LogP contribution in [0, 0.1) is 22.7 Å². The first kappa shape index (κ1) is 15.6. The summed E-state index contributed by atoms with van der Waals surface area (Å²) in [7, 11) is 0. The molecular weight excluding hydrogens is 272 g/mol. The van der Waals surface area contributed by atoms with Crippen LogP contribution in [0.1, 0.15) is 69.7 Å². The molecule has 2 aliphatic carbocycles. The van der Waals surface area contributed by atoms with E-state index in [-0.39, 0.29) is 11.2 Å². The van der Waals surface area contributed by atoms with Crippen LogP contribution in [-0.4, -0.2) is 5.78 Å². The zero-order valence-electron chi connectivity index (χ0n) is 14.2. The molecule has 2 saturated carbocycles. The van der Waals surface area contributed by atoms with Crippen molar-refractivity contribution in [2.24, 2.45) is 22.7 Å². The van der Waals surface area contributed by atoms with Crippen molar-refractivity contribution in [1.29, 1.82) is 0 Å². The van der Waals surface area contributed by atoms with Crippen LogP contribution in [0.4, 0.5) is 0 Å². The van der Waals surface area contributed by atoms with E-state index in [2.05, 4.69) is 27.4 Å². The van der Waals surface area contributed by atoms with Crippen molar-refractivity contribution in [3.63, 3.8) is 0 Å². The molecule has 0 aromatic carbocycles. The van der Waals surface area contributed by atoms with E-state index < -0.39 is 0 Å². The SMILES string of the molecule is C=C1CC[C@H]2C(C)(C)CCC[C@]2(C)[C@@H]1CC(=O)c1ccoc1. The Labute approximate surface area is 134 Å². The van der Waals surface area contributed by atoms with E-state index in [0.717, 1.165) is 6.42 Å². The fourth-order valence-electron chi connectivity index (χ4n) is 5.38. The summed E-state index contributed by atoms with van der Waals surface area (Å²) in [6, 6.07) is 1.78. The Hall–Kier alpha value is -1.31. The predicted octanol–water partition coefficient (Wildman–Crippen LogP) is 5.65. The molecule has 0 amide bonds. The zero-order chi connectivity index (χ0) is 16.0. The highest BCUT2D eigenvalue weighted by atomic mass is 16.3. The molecule has 0 spiro atoms. The van der Waals surface area contributed by atoms with Gasteiger partial charge in [-0.25, -0.2) is 0 Å². The van der Waals surface area contributed by atoms with Crippen LogP contribution in [0.3, 0.4) is 0 Å². The number of hydrogen-bond donors (Lipinski definition) is 0. The molecule has 0 N–H and O–H groups in total. The van der Waals surface area contributed by atoms with Crippen molar-refractivity contribution < 1.29 is 9.21 Å². The van der Waals surface area contributed by atoms with Crippen molar-refractivity contribution in [1.82, 2.24) is 0 Å². The predicted molar refractivity (Wildman–Crippen MR) is 88.7 cm³/mol. The minimum absolute atomic E-state index is 0.199. The number of allylic oxidation sites excluding steroid dienone is 1. The molecule has 2 aliphatic rings. The topological polar surface area (TPSA) is 30.2 Å². The molecule has 1 aromatic heterocycles. The lowest BCUT2D eigenvalue weighted by molar-refractivity contribution is -0.0519. The maximum atomic E-state index is 12.6. The molecule has 1 aromatic rings. The number of rotatable bonds is 3. The van der Waals surface area contributed by atoms with Gasteiger partial charge in [-0.2, -0.15) is 0 Å². The molecule has 120 valence electrons. The van der Waals surface area contributed by atoms with Crippen molar-refractivity contribution in [2.75, 3.05) is 0 Å². The van der Waals surface area contributed by atoms with Gasteiger partial charge in [0.25, 0.3) is 0 Å². The number of carbonyl (C=O) groups excluding carboxylic acids is 1. The molecule has 2 fully saturated rings. The summed E-state index contributed by atoms with van der Waals surface area (Å²) in [4.78, 5) is 12.6. The standard InChI is InChI=1S/C20H28O2/c1-14-6-7-18-19(2,3)9-5-10-20(18,4)16(14)12-17(21)15-8-11-22-13-15/h8,11,13,16,18H,1,5-7,9-10,12H2,2-4H3/t16-,18+,20-/m1/s1. The Kier molecular flexibility index (Phi) is 3.82. The monoisotopic (exact) mass is 300 g/mol. The van der Waals surface area contributed by atoms with Gasteiger partial charge in [-0.05, 0) is 54.4 Å². The molecule has 0 saturated heterocycles. The number of furan rings is 1. The fourth-order valence-corrected chi connectivity index (χ4v) is 5.38. The molecule has 0 radical (unpaired) electrons. The Balaban J connectivity index is 1.87. The lowest BCUT2D eigenvalue weighted by Crippen LogP contribution is -2.49. The van der Waals surface area contributed by atoms with Crippen molar-refractivity contribution in [2.45, 2.75) is 59.3 Å². The minimum atomic E-state index is 0.199. The normalized spacial score (nSPS) is 34.2. The Morgan fingerprint density at radius 1 is 1.36 bits per heavy atom. The summed E-state index contributed by atoms with van der Waals surface area (Å²) in [5, 5.41) is 0. The number of carbonyl (C=O) groups is 1. The smallest absolute Gasteiger partial charge is 0.166 e. The van der Waals surface area contributed by atoms with Gasteiger partial charge >= 0.3 is 0 Å². The summed E-state index contributed by atoms with van der Waals surface area (Å²) >= 11 is 0. The van der Waals surface area contributed by atoms with Gasteiger partial charge in [-0.15, -0.1) is 0 Å². The fraction of sp³-hybridized carbons (Fsp3) is 0.650. The largest absolute Gasteiger partial charge is 0.472 e. The highest BCUT2D eigenvalue weighted by molar-refractivity contribution is 5.96. The van der Waals surface area contributed by atoms with Crippen molar-refractivity contribution in [3.05, 3.63) is 36.3 Å². The average molecular weight is 300 g/mol. The Bertz CT molecular complexity index is 567. The van der Waals surface area contributed by atoms with Crippen molar-refractivity contribution >= 4 is 5.78 Å². The van der Waals surface area contributed by atoms with E-state index in [1.54, 1.807) is 18.6 Å². The minimum Gasteiger partial charge on any atom is -0.472 e. The van der Waals surface area contributed by atoms with Crippen LogP contribution in [0.5, 0.6) is 0 Å². The van der Waals surface area contributed by atoms with E-state index in [4.69, 9.17) is 4.42 Å². The zero-order valence-corrected chi connectivity index (χ0v) is 14.2. The van der Waals surface area contributed by atoms with Gasteiger partial charge in [-0.1, -0.05) is 39.3 Å². The van der Waals surface area contributed by atoms with Crippen LogP contribution in [0.25, 0.3) is 0 Å². The second kappa shape index (κ2) is 5.40. The molecule has 0 aliphatic heterocycles. The highest BCUT2D eigenvalue weighted by Crippen LogP contribution is 2.61. The number of fused-ring (bicyclic) bond motifs is 1. The van der Waals surface area contributed by atoms with Gasteiger partial charge in [0, 0.05) is 6.42 Å². The maximum Gasteiger partial charge on any atom is 0.166 e. The van der Waals surface area contributed by atoms with Gasteiger partial charge in [-0.3, -0.25) is 4.79 Å². The first-order chi connectivity index (χ1) is 10.3. The summed E-state index contributed by atoms with van der Waals surface area (Å²) in [6.07, 6.45) is 9.85. The lowest BCUT2D eigenvalue weighted by atomic mass is 9.47. The number of Topliss-reactive ketones (excluding diaryl/α,β-unsaturated/α-hetero) is 1. The van der Waals surface area contributed by atoms with E-state index >= 15 is 0 Å². The van der Waals surface area contributed by atoms with Crippen LogP contribution in [0.2, 0.25) is 0 Å². The van der Waals surface area contributed by atoms with Crippen LogP contribution >= 0.6 is 0 Å². The van der Waals surface area contributed by atoms with Gasteiger partial charge in [0.2, 0.25) is 0 Å².